The van der Waals surface area contributed by atoms with Gasteiger partial charge in [0.1, 0.15) is 4.47 Å². The number of halogens is 1. The number of aldehydes is 1. The number of carbonyl (C=O) groups is 1. The van der Waals surface area contributed by atoms with Crippen LogP contribution in [0.15, 0.2) is 16.6 Å². The van der Waals surface area contributed by atoms with E-state index in [-0.39, 0.29) is 10.2 Å². The van der Waals surface area contributed by atoms with E-state index < -0.39 is 4.92 Å². The standard InChI is InChI=1S/C8H6BrNO3/c1-5-2-6(4-11)8(9)7(3-5)10(12)13/h2-4H,1H3. The van der Waals surface area contributed by atoms with Crippen molar-refractivity contribution in [2.75, 3.05) is 0 Å². The summed E-state index contributed by atoms with van der Waals surface area (Å²) in [6, 6.07) is 3.00. The molecule has 0 fully saturated rings. The summed E-state index contributed by atoms with van der Waals surface area (Å²) >= 11 is 3.00. The van der Waals surface area contributed by atoms with Gasteiger partial charge in [-0.1, -0.05) is 0 Å². The molecule has 0 saturated carbocycles. The molecule has 0 aliphatic heterocycles. The highest BCUT2D eigenvalue weighted by molar-refractivity contribution is 9.10. The zero-order valence-electron chi connectivity index (χ0n) is 6.78. The summed E-state index contributed by atoms with van der Waals surface area (Å²) in [5.74, 6) is 0. The van der Waals surface area contributed by atoms with Crippen LogP contribution in [0.25, 0.3) is 0 Å². The number of benzene rings is 1. The van der Waals surface area contributed by atoms with Gasteiger partial charge in [0.05, 0.1) is 4.92 Å². The molecule has 0 aromatic heterocycles. The summed E-state index contributed by atoms with van der Waals surface area (Å²) in [6.45, 7) is 1.70. The number of hydrogen-bond donors (Lipinski definition) is 0. The smallest absolute Gasteiger partial charge is 0.284 e. The van der Waals surface area contributed by atoms with Crippen LogP contribution in [0.1, 0.15) is 15.9 Å². The molecule has 0 aliphatic carbocycles. The van der Waals surface area contributed by atoms with Crippen LogP contribution in [0, 0.1) is 17.0 Å². The lowest BCUT2D eigenvalue weighted by Gasteiger charge is -2.00. The largest absolute Gasteiger partial charge is 0.298 e. The first-order valence-corrected chi connectivity index (χ1v) is 4.25. The molecule has 0 spiro atoms. The molecule has 0 radical (unpaired) electrons. The van der Waals surface area contributed by atoms with Crippen LogP contribution in [-0.2, 0) is 0 Å². The molecule has 1 rings (SSSR count). The molecule has 1 aromatic rings. The fourth-order valence-corrected chi connectivity index (χ4v) is 1.46. The van der Waals surface area contributed by atoms with E-state index in [0.717, 1.165) is 0 Å². The molecule has 0 heterocycles. The van der Waals surface area contributed by atoms with Gasteiger partial charge in [0.2, 0.25) is 0 Å². The molecule has 0 N–H and O–H groups in total. The maximum Gasteiger partial charge on any atom is 0.284 e. The van der Waals surface area contributed by atoms with E-state index in [1.54, 1.807) is 13.0 Å². The van der Waals surface area contributed by atoms with Crippen molar-refractivity contribution in [3.8, 4) is 0 Å². The van der Waals surface area contributed by atoms with Crippen LogP contribution in [0.4, 0.5) is 5.69 Å². The van der Waals surface area contributed by atoms with Crippen LogP contribution in [-0.4, -0.2) is 11.2 Å². The second-order valence-electron chi connectivity index (χ2n) is 2.56. The molecule has 1 aromatic carbocycles. The Balaban J connectivity index is 3.44. The van der Waals surface area contributed by atoms with Gasteiger partial charge in [0, 0.05) is 11.6 Å². The molecular weight excluding hydrogens is 238 g/mol. The highest BCUT2D eigenvalue weighted by atomic mass is 79.9. The van der Waals surface area contributed by atoms with Crippen LogP contribution in [0.5, 0.6) is 0 Å². The Morgan fingerprint density at radius 1 is 1.54 bits per heavy atom. The lowest BCUT2D eigenvalue weighted by atomic mass is 10.1. The van der Waals surface area contributed by atoms with Gasteiger partial charge in [-0.25, -0.2) is 0 Å². The molecule has 0 unspecified atom stereocenters. The summed E-state index contributed by atoms with van der Waals surface area (Å²) in [5, 5.41) is 10.5. The molecule has 5 heteroatoms. The van der Waals surface area contributed by atoms with Crippen LogP contribution in [0.2, 0.25) is 0 Å². The Kier molecular flexibility index (Phi) is 2.77. The molecule has 68 valence electrons. The van der Waals surface area contributed by atoms with Crippen LogP contribution in [0.3, 0.4) is 0 Å². The second kappa shape index (κ2) is 3.66. The van der Waals surface area contributed by atoms with E-state index in [0.29, 0.717) is 17.4 Å². The lowest BCUT2D eigenvalue weighted by Crippen LogP contribution is -1.94. The Morgan fingerprint density at radius 2 is 2.15 bits per heavy atom. The Morgan fingerprint density at radius 3 is 2.62 bits per heavy atom. The SMILES string of the molecule is Cc1cc(C=O)c(Br)c([N+](=O)[O-])c1. The predicted molar refractivity (Wildman–Crippen MR) is 50.9 cm³/mol. The first-order valence-electron chi connectivity index (χ1n) is 3.46. The van der Waals surface area contributed by atoms with Crippen molar-refractivity contribution in [1.82, 2.24) is 0 Å². The number of nitro groups is 1. The molecule has 4 nitrogen and oxygen atoms in total. The number of aryl methyl sites for hydroxylation is 1. The van der Waals surface area contributed by atoms with Crippen molar-refractivity contribution < 1.29 is 9.72 Å². The highest BCUT2D eigenvalue weighted by Crippen LogP contribution is 2.28. The minimum atomic E-state index is -0.524. The monoisotopic (exact) mass is 243 g/mol. The first kappa shape index (κ1) is 9.85. The first-order chi connectivity index (χ1) is 6.06. The lowest BCUT2D eigenvalue weighted by molar-refractivity contribution is -0.385. The number of hydrogen-bond acceptors (Lipinski definition) is 3. The van der Waals surface area contributed by atoms with Crippen molar-refractivity contribution in [1.29, 1.82) is 0 Å². The van der Waals surface area contributed by atoms with E-state index in [1.807, 2.05) is 0 Å². The molecule has 0 bridgehead atoms. The molecule has 0 aliphatic rings. The number of rotatable bonds is 2. The topological polar surface area (TPSA) is 60.2 Å². The number of carbonyl (C=O) groups excluding carboxylic acids is 1. The predicted octanol–water partition coefficient (Wildman–Crippen LogP) is 2.48. The van der Waals surface area contributed by atoms with E-state index in [9.17, 15) is 14.9 Å². The van der Waals surface area contributed by atoms with Gasteiger partial charge in [-0.3, -0.25) is 14.9 Å². The van der Waals surface area contributed by atoms with Gasteiger partial charge in [-0.2, -0.15) is 0 Å². The van der Waals surface area contributed by atoms with E-state index >= 15 is 0 Å². The average molecular weight is 244 g/mol. The van der Waals surface area contributed by atoms with Gasteiger partial charge in [0.25, 0.3) is 5.69 Å². The summed E-state index contributed by atoms with van der Waals surface area (Å²) < 4.78 is 0.234. The Bertz CT molecular complexity index is 376. The summed E-state index contributed by atoms with van der Waals surface area (Å²) in [6.07, 6.45) is 0.587. The zero-order valence-corrected chi connectivity index (χ0v) is 8.37. The normalized spacial score (nSPS) is 9.69. The maximum atomic E-state index is 10.5. The molecule has 0 amide bonds. The van der Waals surface area contributed by atoms with Gasteiger partial charge < -0.3 is 0 Å². The second-order valence-corrected chi connectivity index (χ2v) is 3.36. The Labute approximate surface area is 82.8 Å². The van der Waals surface area contributed by atoms with Gasteiger partial charge in [0.15, 0.2) is 6.29 Å². The van der Waals surface area contributed by atoms with Crippen molar-refractivity contribution in [3.05, 3.63) is 37.8 Å². The molecular formula is C8H6BrNO3. The summed E-state index contributed by atoms with van der Waals surface area (Å²) in [4.78, 5) is 20.5. The zero-order chi connectivity index (χ0) is 10.0. The van der Waals surface area contributed by atoms with Gasteiger partial charge in [-0.15, -0.1) is 0 Å². The third-order valence-electron chi connectivity index (χ3n) is 1.55. The van der Waals surface area contributed by atoms with Crippen molar-refractivity contribution in [2.45, 2.75) is 6.92 Å². The minimum Gasteiger partial charge on any atom is -0.298 e. The van der Waals surface area contributed by atoms with Gasteiger partial charge in [-0.05, 0) is 34.5 Å². The van der Waals surface area contributed by atoms with E-state index in [1.165, 1.54) is 6.07 Å². The van der Waals surface area contributed by atoms with Crippen molar-refractivity contribution in [2.24, 2.45) is 0 Å². The average Bonchev–Trinajstić information content (AvgIpc) is 2.08. The fraction of sp³-hybridized carbons (Fsp3) is 0.125. The van der Waals surface area contributed by atoms with Gasteiger partial charge >= 0.3 is 0 Å². The molecule has 0 atom stereocenters. The fourth-order valence-electron chi connectivity index (χ4n) is 0.996. The van der Waals surface area contributed by atoms with Crippen molar-refractivity contribution >= 4 is 27.9 Å². The number of nitrogens with zero attached hydrogens (tertiary/aromatic N) is 1. The number of nitro benzene ring substituents is 1. The molecule has 0 saturated heterocycles. The molecule has 13 heavy (non-hydrogen) atoms. The third-order valence-corrected chi connectivity index (χ3v) is 2.41. The van der Waals surface area contributed by atoms with Crippen molar-refractivity contribution in [3.63, 3.8) is 0 Å². The maximum absolute atomic E-state index is 10.5. The minimum absolute atomic E-state index is 0.0814. The third kappa shape index (κ3) is 1.92. The highest BCUT2D eigenvalue weighted by Gasteiger charge is 2.15. The van der Waals surface area contributed by atoms with Crippen LogP contribution < -0.4 is 0 Å². The summed E-state index contributed by atoms with van der Waals surface area (Å²) in [5.41, 5.74) is 0.908. The Hall–Kier alpha value is -1.23. The van der Waals surface area contributed by atoms with Crippen LogP contribution >= 0.6 is 15.9 Å². The summed E-state index contributed by atoms with van der Waals surface area (Å²) in [7, 11) is 0. The van der Waals surface area contributed by atoms with E-state index in [2.05, 4.69) is 15.9 Å². The quantitative estimate of drug-likeness (QED) is 0.456. The van der Waals surface area contributed by atoms with E-state index in [4.69, 9.17) is 0 Å².